The molecule has 3 nitrogen and oxygen atoms in total. The normalized spacial score (nSPS) is 28.7. The largest absolute Gasteiger partial charge is 0.458 e. The number of allylic oxidation sites excluding steroid dienone is 3. The summed E-state index contributed by atoms with van der Waals surface area (Å²) < 4.78 is 19.2. The van der Waals surface area contributed by atoms with E-state index >= 15 is 0 Å². The summed E-state index contributed by atoms with van der Waals surface area (Å²) in [6.45, 7) is 4.54. The lowest BCUT2D eigenvalue weighted by molar-refractivity contribution is -0.156. The van der Waals surface area contributed by atoms with Crippen LogP contribution in [-0.2, 0) is 9.53 Å². The molecule has 0 amide bonds. The Bertz CT molecular complexity index is 854. The van der Waals surface area contributed by atoms with Crippen LogP contribution in [0.15, 0.2) is 42.0 Å². The number of cyclic esters (lactones) is 1. The smallest absolute Gasteiger partial charge is 0.309 e. The standard InChI is InChI=1S/C24H29FO3S2/c1-23(2)15-24(29-10-3-11-30-24)14-20(16-4-6-17(25)7-5-16)21(23)9-8-19-12-18(26)13-22(27)28-19/h4-9,18-19,26H,3,10-15H2,1-2H3/t18-,19-/m0/s1. The van der Waals surface area contributed by atoms with E-state index in [4.69, 9.17) is 4.74 Å². The van der Waals surface area contributed by atoms with Crippen molar-refractivity contribution in [3.05, 3.63) is 53.4 Å². The van der Waals surface area contributed by atoms with Crippen LogP contribution in [0.4, 0.5) is 4.39 Å². The van der Waals surface area contributed by atoms with Crippen LogP contribution in [0.3, 0.4) is 0 Å². The molecule has 1 N–H and O–H groups in total. The lowest BCUT2D eigenvalue weighted by Crippen LogP contribution is -2.37. The summed E-state index contributed by atoms with van der Waals surface area (Å²) in [4.78, 5) is 11.7. The zero-order valence-corrected chi connectivity index (χ0v) is 19.2. The van der Waals surface area contributed by atoms with Gasteiger partial charge in [0.15, 0.2) is 0 Å². The summed E-state index contributed by atoms with van der Waals surface area (Å²) in [5, 5.41) is 9.92. The first-order chi connectivity index (χ1) is 14.3. The van der Waals surface area contributed by atoms with Gasteiger partial charge in [0.2, 0.25) is 0 Å². The Labute approximate surface area is 186 Å². The van der Waals surface area contributed by atoms with Crippen LogP contribution < -0.4 is 0 Å². The molecule has 2 saturated heterocycles. The molecule has 30 heavy (non-hydrogen) atoms. The highest BCUT2D eigenvalue weighted by molar-refractivity contribution is 8.18. The van der Waals surface area contributed by atoms with Crippen molar-refractivity contribution in [3.8, 4) is 0 Å². The fourth-order valence-electron chi connectivity index (χ4n) is 4.79. The number of thioether (sulfide) groups is 2. The maximum Gasteiger partial charge on any atom is 0.309 e. The molecule has 1 aromatic carbocycles. The Morgan fingerprint density at radius 2 is 1.90 bits per heavy atom. The first kappa shape index (κ1) is 22.0. The molecule has 2 atom stereocenters. The Balaban J connectivity index is 1.73. The lowest BCUT2D eigenvalue weighted by Gasteiger charge is -2.48. The summed E-state index contributed by atoms with van der Waals surface area (Å²) in [7, 11) is 0. The number of esters is 1. The van der Waals surface area contributed by atoms with Crippen LogP contribution in [0.1, 0.15) is 51.5 Å². The van der Waals surface area contributed by atoms with Gasteiger partial charge in [-0.15, -0.1) is 23.5 Å². The Hall–Kier alpha value is -1.24. The highest BCUT2D eigenvalue weighted by Crippen LogP contribution is 2.59. The van der Waals surface area contributed by atoms with Gasteiger partial charge in [0.1, 0.15) is 11.9 Å². The maximum atomic E-state index is 13.6. The topological polar surface area (TPSA) is 46.5 Å². The molecule has 0 bridgehead atoms. The molecule has 0 unspecified atom stereocenters. The fraction of sp³-hybridized carbons (Fsp3) is 0.542. The van der Waals surface area contributed by atoms with E-state index in [1.807, 2.05) is 18.2 Å². The van der Waals surface area contributed by atoms with E-state index in [1.165, 1.54) is 41.2 Å². The molecule has 1 aliphatic carbocycles. The molecule has 4 rings (SSSR count). The van der Waals surface area contributed by atoms with Crippen molar-refractivity contribution in [1.82, 2.24) is 0 Å². The quantitative estimate of drug-likeness (QED) is 0.611. The van der Waals surface area contributed by atoms with Gasteiger partial charge in [-0.1, -0.05) is 32.1 Å². The highest BCUT2D eigenvalue weighted by Gasteiger charge is 2.45. The third kappa shape index (κ3) is 4.81. The number of benzene rings is 1. The molecule has 0 saturated carbocycles. The number of halogens is 1. The fourth-order valence-corrected chi connectivity index (χ4v) is 8.55. The maximum absolute atomic E-state index is 13.6. The molecule has 1 spiro atoms. The molecule has 2 aliphatic heterocycles. The number of hydrogen-bond donors (Lipinski definition) is 1. The predicted molar refractivity (Wildman–Crippen MR) is 123 cm³/mol. The van der Waals surface area contributed by atoms with E-state index in [2.05, 4.69) is 43.4 Å². The van der Waals surface area contributed by atoms with E-state index in [1.54, 1.807) is 0 Å². The first-order valence-corrected chi connectivity index (χ1v) is 12.6. The minimum Gasteiger partial charge on any atom is -0.458 e. The molecular weight excluding hydrogens is 419 g/mol. The van der Waals surface area contributed by atoms with Crippen LogP contribution in [0.2, 0.25) is 0 Å². The molecular formula is C24H29FO3S2. The molecule has 0 aromatic heterocycles. The van der Waals surface area contributed by atoms with E-state index in [0.717, 1.165) is 18.4 Å². The Morgan fingerprint density at radius 1 is 1.20 bits per heavy atom. The van der Waals surface area contributed by atoms with Crippen LogP contribution >= 0.6 is 23.5 Å². The third-order valence-electron chi connectivity index (χ3n) is 6.09. The van der Waals surface area contributed by atoms with Crippen molar-refractivity contribution < 1.29 is 19.0 Å². The van der Waals surface area contributed by atoms with Crippen molar-refractivity contribution in [3.63, 3.8) is 0 Å². The van der Waals surface area contributed by atoms with Crippen LogP contribution in [-0.4, -0.2) is 38.9 Å². The monoisotopic (exact) mass is 448 g/mol. The molecule has 2 fully saturated rings. The second-order valence-electron chi connectivity index (χ2n) is 9.08. The highest BCUT2D eigenvalue weighted by atomic mass is 32.2. The van der Waals surface area contributed by atoms with Gasteiger partial charge in [0.05, 0.1) is 16.6 Å². The number of aliphatic hydroxyl groups excluding tert-OH is 1. The number of carbonyl (C=O) groups excluding carboxylic acids is 1. The minimum atomic E-state index is -0.649. The van der Waals surface area contributed by atoms with Crippen LogP contribution in [0.25, 0.3) is 5.57 Å². The van der Waals surface area contributed by atoms with Crippen molar-refractivity contribution >= 4 is 35.1 Å². The SMILES string of the molecule is CC1(C)CC2(CC(c3ccc(F)cc3)=C1C=C[C@H]1C[C@H](O)CC(=O)O1)SCCCS2. The van der Waals surface area contributed by atoms with Gasteiger partial charge in [-0.25, -0.2) is 4.39 Å². The second-order valence-corrected chi connectivity index (χ2v) is 12.3. The van der Waals surface area contributed by atoms with E-state index in [-0.39, 0.29) is 27.7 Å². The zero-order valence-electron chi connectivity index (χ0n) is 17.5. The third-order valence-corrected chi connectivity index (χ3v) is 9.41. The summed E-state index contributed by atoms with van der Waals surface area (Å²) >= 11 is 4.13. The number of hydrogen-bond acceptors (Lipinski definition) is 5. The molecule has 2 heterocycles. The van der Waals surface area contributed by atoms with Crippen molar-refractivity contribution in [1.29, 1.82) is 0 Å². The lowest BCUT2D eigenvalue weighted by atomic mass is 9.70. The van der Waals surface area contributed by atoms with Crippen molar-refractivity contribution in [2.24, 2.45) is 5.41 Å². The summed E-state index contributed by atoms with van der Waals surface area (Å²) in [6, 6.07) is 6.79. The summed E-state index contributed by atoms with van der Waals surface area (Å²) in [6.07, 6.45) is 6.68. The first-order valence-electron chi connectivity index (χ1n) is 10.6. The molecule has 0 radical (unpaired) electrons. The number of carbonyl (C=O) groups is 1. The summed E-state index contributed by atoms with van der Waals surface area (Å²) in [5.41, 5.74) is 3.43. The van der Waals surface area contributed by atoms with Crippen molar-refractivity contribution in [2.75, 3.05) is 11.5 Å². The minimum absolute atomic E-state index is 0.0658. The average molecular weight is 449 g/mol. The Morgan fingerprint density at radius 3 is 2.57 bits per heavy atom. The predicted octanol–water partition coefficient (Wildman–Crippen LogP) is 5.59. The van der Waals surface area contributed by atoms with Gasteiger partial charge in [-0.05, 0) is 71.1 Å². The number of ether oxygens (including phenoxy) is 1. The van der Waals surface area contributed by atoms with Gasteiger partial charge in [-0.2, -0.15) is 0 Å². The van der Waals surface area contributed by atoms with Gasteiger partial charge >= 0.3 is 5.97 Å². The number of rotatable bonds is 3. The van der Waals surface area contributed by atoms with Crippen molar-refractivity contribution in [2.45, 2.75) is 62.2 Å². The van der Waals surface area contributed by atoms with Gasteiger partial charge in [0, 0.05) is 6.42 Å². The zero-order chi connectivity index (χ0) is 21.4. The molecule has 162 valence electrons. The van der Waals surface area contributed by atoms with Gasteiger partial charge in [-0.3, -0.25) is 4.79 Å². The van der Waals surface area contributed by atoms with E-state index in [9.17, 15) is 14.3 Å². The van der Waals surface area contributed by atoms with Crippen LogP contribution in [0.5, 0.6) is 0 Å². The Kier molecular flexibility index (Phi) is 6.38. The summed E-state index contributed by atoms with van der Waals surface area (Å²) in [5.74, 6) is 1.78. The van der Waals surface area contributed by atoms with Gasteiger partial charge < -0.3 is 9.84 Å². The molecule has 6 heteroatoms. The average Bonchev–Trinajstić information content (AvgIpc) is 2.67. The molecule has 1 aromatic rings. The second kappa shape index (κ2) is 8.71. The van der Waals surface area contributed by atoms with E-state index in [0.29, 0.717) is 6.42 Å². The van der Waals surface area contributed by atoms with Crippen LogP contribution in [0, 0.1) is 11.2 Å². The van der Waals surface area contributed by atoms with E-state index < -0.39 is 12.2 Å². The van der Waals surface area contributed by atoms with Gasteiger partial charge in [0.25, 0.3) is 0 Å². The molecule has 3 aliphatic rings. The number of aliphatic hydroxyl groups is 1.